The largest absolute Gasteiger partial charge is 0.480 e. The molecule has 0 saturated carbocycles. The van der Waals surface area contributed by atoms with Gasteiger partial charge in [0.2, 0.25) is 5.91 Å². The molecule has 1 aromatic carbocycles. The van der Waals surface area contributed by atoms with Gasteiger partial charge >= 0.3 is 5.97 Å². The summed E-state index contributed by atoms with van der Waals surface area (Å²) >= 11 is 3.38. The number of carboxylic acids is 1. The molecule has 1 heterocycles. The van der Waals surface area contributed by atoms with Gasteiger partial charge in [-0.2, -0.15) is 0 Å². The van der Waals surface area contributed by atoms with Crippen molar-refractivity contribution in [1.82, 2.24) is 10.3 Å². The maximum atomic E-state index is 11.1. The van der Waals surface area contributed by atoms with E-state index in [2.05, 4.69) is 26.2 Å². The highest BCUT2D eigenvalue weighted by molar-refractivity contribution is 9.10. The lowest BCUT2D eigenvalue weighted by molar-refractivity contribution is -0.141. The molecular formula is C13H13BrN2O3. The van der Waals surface area contributed by atoms with Gasteiger partial charge in [-0.3, -0.25) is 4.79 Å². The van der Waals surface area contributed by atoms with Gasteiger partial charge in [0.25, 0.3) is 0 Å². The van der Waals surface area contributed by atoms with Crippen molar-refractivity contribution in [1.29, 1.82) is 0 Å². The third kappa shape index (κ3) is 3.14. The maximum absolute atomic E-state index is 11.1. The molecule has 0 fully saturated rings. The van der Waals surface area contributed by atoms with Gasteiger partial charge in [-0.1, -0.05) is 22.0 Å². The molecule has 0 aliphatic rings. The molecule has 6 heteroatoms. The summed E-state index contributed by atoms with van der Waals surface area (Å²) in [6, 6.07) is 4.82. The zero-order valence-corrected chi connectivity index (χ0v) is 11.8. The van der Waals surface area contributed by atoms with Gasteiger partial charge in [-0.25, -0.2) is 4.79 Å². The number of carbonyl (C=O) groups excluding carboxylic acids is 1. The zero-order valence-electron chi connectivity index (χ0n) is 10.2. The summed E-state index contributed by atoms with van der Waals surface area (Å²) in [5.41, 5.74) is 1.79. The van der Waals surface area contributed by atoms with Crippen molar-refractivity contribution in [2.45, 2.75) is 19.4 Å². The molecule has 2 aromatic rings. The fraction of sp³-hybridized carbons (Fsp3) is 0.231. The monoisotopic (exact) mass is 324 g/mol. The van der Waals surface area contributed by atoms with E-state index in [1.54, 1.807) is 6.20 Å². The van der Waals surface area contributed by atoms with E-state index in [0.29, 0.717) is 0 Å². The van der Waals surface area contributed by atoms with Crippen molar-refractivity contribution < 1.29 is 14.7 Å². The molecule has 0 saturated heterocycles. The number of H-pyrrole nitrogens is 1. The average molecular weight is 325 g/mol. The van der Waals surface area contributed by atoms with Crippen LogP contribution in [0.5, 0.6) is 0 Å². The molecule has 2 rings (SSSR count). The molecule has 1 amide bonds. The molecule has 3 N–H and O–H groups in total. The average Bonchev–Trinajstić information content (AvgIpc) is 2.70. The normalized spacial score (nSPS) is 12.3. The number of nitrogens with one attached hydrogen (secondary N) is 2. The van der Waals surface area contributed by atoms with Crippen LogP contribution in [0, 0.1) is 0 Å². The molecule has 100 valence electrons. The highest BCUT2D eigenvalue weighted by Crippen LogP contribution is 2.23. The Bertz CT molecular complexity index is 636. The number of aromatic amines is 1. The molecule has 0 spiro atoms. The first-order valence-electron chi connectivity index (χ1n) is 5.73. The number of aliphatic carboxylic acids is 1. The van der Waals surface area contributed by atoms with E-state index in [1.807, 2.05) is 18.2 Å². The molecule has 5 nitrogen and oxygen atoms in total. The smallest absolute Gasteiger partial charge is 0.326 e. The lowest BCUT2D eigenvalue weighted by Gasteiger charge is -2.12. The fourth-order valence-corrected chi connectivity index (χ4v) is 2.35. The van der Waals surface area contributed by atoms with Crippen molar-refractivity contribution in [3.63, 3.8) is 0 Å². The highest BCUT2D eigenvalue weighted by atomic mass is 79.9. The predicted octanol–water partition coefficient (Wildman–Crippen LogP) is 2.06. The first-order valence-corrected chi connectivity index (χ1v) is 6.52. The highest BCUT2D eigenvalue weighted by Gasteiger charge is 2.20. The van der Waals surface area contributed by atoms with E-state index in [-0.39, 0.29) is 12.3 Å². The van der Waals surface area contributed by atoms with Gasteiger partial charge in [-0.15, -0.1) is 0 Å². The SMILES string of the molecule is CC(=O)N[C@H](Cc1c[nH]c2cc(Br)ccc12)C(=O)O. The third-order valence-electron chi connectivity index (χ3n) is 2.83. The molecule has 0 radical (unpaired) electrons. The molecule has 1 atom stereocenters. The van der Waals surface area contributed by atoms with Crippen molar-refractivity contribution in [2.24, 2.45) is 0 Å². The first kappa shape index (κ1) is 13.6. The van der Waals surface area contributed by atoms with Crippen LogP contribution in [0.2, 0.25) is 0 Å². The minimum atomic E-state index is -1.04. The topological polar surface area (TPSA) is 82.2 Å². The zero-order chi connectivity index (χ0) is 14.0. The van der Waals surface area contributed by atoms with Crippen LogP contribution in [0.3, 0.4) is 0 Å². The standard InChI is InChI=1S/C13H13BrN2O3/c1-7(17)16-12(13(18)19)4-8-6-15-11-5-9(14)2-3-10(8)11/h2-3,5-6,12,15H,4H2,1H3,(H,16,17)(H,18,19)/t12-/m1/s1. The number of hydrogen-bond acceptors (Lipinski definition) is 2. The van der Waals surface area contributed by atoms with Crippen LogP contribution in [-0.4, -0.2) is 28.0 Å². The maximum Gasteiger partial charge on any atom is 0.326 e. The van der Waals surface area contributed by atoms with Gasteiger partial charge < -0.3 is 15.4 Å². The number of fused-ring (bicyclic) bond motifs is 1. The van der Waals surface area contributed by atoms with Crippen LogP contribution in [0.15, 0.2) is 28.9 Å². The van der Waals surface area contributed by atoms with Crippen LogP contribution in [-0.2, 0) is 16.0 Å². The molecule has 0 unspecified atom stereocenters. The van der Waals surface area contributed by atoms with Crippen molar-refractivity contribution in [2.75, 3.05) is 0 Å². The van der Waals surface area contributed by atoms with Gasteiger partial charge in [0.1, 0.15) is 6.04 Å². The van der Waals surface area contributed by atoms with Crippen LogP contribution in [0.25, 0.3) is 10.9 Å². The van der Waals surface area contributed by atoms with Crippen LogP contribution >= 0.6 is 15.9 Å². The molecular weight excluding hydrogens is 312 g/mol. The summed E-state index contributed by atoms with van der Waals surface area (Å²) in [5, 5.41) is 12.5. The Morgan fingerprint density at radius 2 is 2.21 bits per heavy atom. The van der Waals surface area contributed by atoms with E-state index in [0.717, 1.165) is 20.9 Å². The van der Waals surface area contributed by atoms with Crippen molar-refractivity contribution >= 4 is 38.7 Å². The van der Waals surface area contributed by atoms with Crippen LogP contribution < -0.4 is 5.32 Å². The Morgan fingerprint density at radius 3 is 2.84 bits per heavy atom. The summed E-state index contributed by atoms with van der Waals surface area (Å²) in [5.74, 6) is -1.39. The van der Waals surface area contributed by atoms with Crippen molar-refractivity contribution in [3.05, 3.63) is 34.4 Å². The fourth-order valence-electron chi connectivity index (χ4n) is 1.99. The number of carboxylic acid groups (broad SMARTS) is 1. The second-order valence-electron chi connectivity index (χ2n) is 4.30. The van der Waals surface area contributed by atoms with Gasteiger partial charge in [0, 0.05) is 34.9 Å². The number of aromatic nitrogens is 1. The van der Waals surface area contributed by atoms with Gasteiger partial charge in [0.05, 0.1) is 0 Å². The Balaban J connectivity index is 2.28. The number of carbonyl (C=O) groups is 2. The summed E-state index contributed by atoms with van der Waals surface area (Å²) < 4.78 is 0.949. The summed E-state index contributed by atoms with van der Waals surface area (Å²) in [7, 11) is 0. The Morgan fingerprint density at radius 1 is 1.47 bits per heavy atom. The minimum Gasteiger partial charge on any atom is -0.480 e. The number of benzene rings is 1. The Hall–Kier alpha value is -1.82. The molecule has 1 aromatic heterocycles. The lowest BCUT2D eigenvalue weighted by Crippen LogP contribution is -2.41. The van der Waals surface area contributed by atoms with Crippen LogP contribution in [0.4, 0.5) is 0 Å². The van der Waals surface area contributed by atoms with Crippen molar-refractivity contribution in [3.8, 4) is 0 Å². The van der Waals surface area contributed by atoms with Gasteiger partial charge in [0.15, 0.2) is 0 Å². The second kappa shape index (κ2) is 5.44. The van der Waals surface area contributed by atoms with Crippen LogP contribution in [0.1, 0.15) is 12.5 Å². The van der Waals surface area contributed by atoms with E-state index < -0.39 is 12.0 Å². The minimum absolute atomic E-state index is 0.247. The van der Waals surface area contributed by atoms with E-state index in [1.165, 1.54) is 6.92 Å². The summed E-state index contributed by atoms with van der Waals surface area (Å²) in [4.78, 5) is 25.2. The van der Waals surface area contributed by atoms with E-state index in [9.17, 15) is 9.59 Å². The Kier molecular flexibility index (Phi) is 3.90. The molecule has 0 aliphatic carbocycles. The predicted molar refractivity (Wildman–Crippen MR) is 74.9 cm³/mol. The summed E-state index contributed by atoms with van der Waals surface area (Å²) in [6.07, 6.45) is 2.02. The quantitative estimate of drug-likeness (QED) is 0.805. The molecule has 19 heavy (non-hydrogen) atoms. The molecule has 0 aliphatic heterocycles. The first-order chi connectivity index (χ1) is 8.97. The third-order valence-corrected chi connectivity index (χ3v) is 3.32. The number of amides is 1. The Labute approximate surface area is 118 Å². The number of halogens is 1. The lowest BCUT2D eigenvalue weighted by atomic mass is 10.1. The number of hydrogen-bond donors (Lipinski definition) is 3. The van der Waals surface area contributed by atoms with E-state index in [4.69, 9.17) is 5.11 Å². The number of rotatable bonds is 4. The summed E-state index contributed by atoms with van der Waals surface area (Å²) in [6.45, 7) is 1.31. The van der Waals surface area contributed by atoms with E-state index >= 15 is 0 Å². The molecule has 0 bridgehead atoms. The second-order valence-corrected chi connectivity index (χ2v) is 5.21. The van der Waals surface area contributed by atoms with Gasteiger partial charge in [-0.05, 0) is 17.7 Å².